The molecule has 2 heterocycles. The predicted molar refractivity (Wildman–Crippen MR) is 140 cm³/mol. The van der Waals surface area contributed by atoms with Gasteiger partial charge in [0.25, 0.3) is 0 Å². The largest absolute Gasteiger partial charge is 0.416 e. The molecule has 0 aliphatic heterocycles. The van der Waals surface area contributed by atoms with Crippen molar-refractivity contribution in [3.63, 3.8) is 0 Å². The first kappa shape index (κ1) is 26.7. The summed E-state index contributed by atoms with van der Waals surface area (Å²) in [6, 6.07) is 12.8. The quantitative estimate of drug-likeness (QED) is 0.274. The lowest BCUT2D eigenvalue weighted by Gasteiger charge is -2.36. The summed E-state index contributed by atoms with van der Waals surface area (Å²) in [5.74, 6) is 6.18. The molecule has 0 spiro atoms. The van der Waals surface area contributed by atoms with Crippen molar-refractivity contribution >= 4 is 10.9 Å². The third-order valence-electron chi connectivity index (χ3n) is 6.94. The van der Waals surface area contributed by atoms with Gasteiger partial charge in [0, 0.05) is 43.1 Å². The summed E-state index contributed by atoms with van der Waals surface area (Å²) in [7, 11) is 3.53. The molecule has 0 saturated heterocycles. The average molecular weight is 520 g/mol. The van der Waals surface area contributed by atoms with Crippen LogP contribution in [0.1, 0.15) is 41.9 Å². The van der Waals surface area contributed by atoms with Crippen molar-refractivity contribution < 1.29 is 13.2 Å². The van der Waals surface area contributed by atoms with Gasteiger partial charge in [-0.1, -0.05) is 25.1 Å². The van der Waals surface area contributed by atoms with Gasteiger partial charge in [-0.2, -0.15) is 18.4 Å². The number of likely N-dealkylation sites (N-methyl/N-ethyl adjacent to an activating group) is 1. The number of alkyl halides is 3. The molecule has 1 unspecified atom stereocenters. The van der Waals surface area contributed by atoms with Crippen LogP contribution in [-0.2, 0) is 25.1 Å². The van der Waals surface area contributed by atoms with Crippen LogP contribution < -0.4 is 11.6 Å². The molecule has 0 radical (unpaired) electrons. The van der Waals surface area contributed by atoms with Crippen LogP contribution in [0, 0.1) is 11.3 Å². The number of aryl methyl sites for hydroxylation is 2. The van der Waals surface area contributed by atoms with Crippen LogP contribution in [0.2, 0.25) is 0 Å². The maximum absolute atomic E-state index is 13.5. The zero-order valence-electron chi connectivity index (χ0n) is 21.5. The summed E-state index contributed by atoms with van der Waals surface area (Å²) in [4.78, 5) is 9.02. The number of imidazole rings is 1. The summed E-state index contributed by atoms with van der Waals surface area (Å²) in [5, 5.41) is 12.3. The number of benzene rings is 2. The molecular formula is C28H28F3N7. The topological polar surface area (TPSA) is 110 Å². The number of rotatable bonds is 6. The highest BCUT2D eigenvalue weighted by molar-refractivity contribution is 5.93. The van der Waals surface area contributed by atoms with E-state index in [2.05, 4.69) is 11.1 Å². The molecule has 7 nitrogen and oxygen atoms in total. The molecule has 4 rings (SSSR count). The number of fused-ring (bicyclic) bond motifs is 1. The molecule has 10 heteroatoms. The zero-order chi connectivity index (χ0) is 27.8. The molecule has 2 aromatic carbocycles. The Bertz CT molecular complexity index is 1580. The Morgan fingerprint density at radius 2 is 1.92 bits per heavy atom. The van der Waals surface area contributed by atoms with Gasteiger partial charge in [-0.15, -0.1) is 0 Å². The van der Waals surface area contributed by atoms with E-state index in [1.807, 2.05) is 37.6 Å². The van der Waals surface area contributed by atoms with E-state index in [0.717, 1.165) is 23.4 Å². The Labute approximate surface area is 218 Å². The highest BCUT2D eigenvalue weighted by Crippen LogP contribution is 2.42. The SMILES string of the molecule is CCc1nc2ccc(C(C)(/C(=C/N)N(C)N)c3cncn3C)cc2c(C#N)c1-c1cccc(C(F)(F)F)c1. The zero-order valence-corrected chi connectivity index (χ0v) is 21.5. The number of hydrogen-bond acceptors (Lipinski definition) is 6. The highest BCUT2D eigenvalue weighted by atomic mass is 19.4. The van der Waals surface area contributed by atoms with E-state index in [0.29, 0.717) is 34.3 Å². The second-order valence-electron chi connectivity index (χ2n) is 9.26. The maximum atomic E-state index is 13.5. The van der Waals surface area contributed by atoms with Crippen LogP contribution in [0.25, 0.3) is 22.0 Å². The number of aromatic nitrogens is 3. The third-order valence-corrected chi connectivity index (χ3v) is 6.94. The van der Waals surface area contributed by atoms with Crippen molar-refractivity contribution in [1.82, 2.24) is 19.5 Å². The third kappa shape index (κ3) is 4.35. The molecule has 0 aliphatic rings. The molecule has 2 aromatic heterocycles. The standard InChI is InChI=1S/C28H28F3N7/c1-5-22-26(17-7-6-8-19(11-17)28(29,30)31)21(13-32)20-12-18(9-10-23(20)36-22)27(2,24(14-33)38(4)34)25-15-35-16-37(25)3/h6-12,14-16H,5,33-34H2,1-4H3/b24-14-. The van der Waals surface area contributed by atoms with Crippen LogP contribution in [0.3, 0.4) is 0 Å². The smallest absolute Gasteiger partial charge is 0.403 e. The Morgan fingerprint density at radius 3 is 2.47 bits per heavy atom. The molecule has 0 aliphatic carbocycles. The fourth-order valence-electron chi connectivity index (χ4n) is 5.06. The van der Waals surface area contributed by atoms with Crippen LogP contribution >= 0.6 is 0 Å². The van der Waals surface area contributed by atoms with Crippen molar-refractivity contribution in [3.05, 3.63) is 95.0 Å². The van der Waals surface area contributed by atoms with Gasteiger partial charge in [0.1, 0.15) is 6.07 Å². The molecule has 0 fully saturated rings. The number of allylic oxidation sites excluding steroid dienone is 1. The van der Waals surface area contributed by atoms with Gasteiger partial charge in [0.15, 0.2) is 0 Å². The van der Waals surface area contributed by atoms with E-state index >= 15 is 0 Å². The van der Waals surface area contributed by atoms with Crippen LogP contribution in [0.15, 0.2) is 66.9 Å². The maximum Gasteiger partial charge on any atom is 0.416 e. The van der Waals surface area contributed by atoms with Gasteiger partial charge in [0.2, 0.25) is 0 Å². The number of nitriles is 1. The predicted octanol–water partition coefficient (Wildman–Crippen LogP) is 5.00. The first-order chi connectivity index (χ1) is 18.0. The summed E-state index contributed by atoms with van der Waals surface area (Å²) >= 11 is 0. The number of halogens is 3. The van der Waals surface area contributed by atoms with Gasteiger partial charge < -0.3 is 15.3 Å². The molecule has 4 N–H and O–H groups in total. The first-order valence-electron chi connectivity index (χ1n) is 11.9. The second-order valence-corrected chi connectivity index (χ2v) is 9.26. The first-order valence-corrected chi connectivity index (χ1v) is 11.9. The van der Waals surface area contributed by atoms with Crippen molar-refractivity contribution in [2.75, 3.05) is 7.05 Å². The highest BCUT2D eigenvalue weighted by Gasteiger charge is 2.38. The number of pyridine rings is 1. The van der Waals surface area contributed by atoms with E-state index in [4.69, 9.17) is 16.6 Å². The number of nitrogens with two attached hydrogens (primary N) is 2. The van der Waals surface area contributed by atoms with Gasteiger partial charge in [-0.3, -0.25) is 4.98 Å². The minimum absolute atomic E-state index is 0.250. The summed E-state index contributed by atoms with van der Waals surface area (Å²) in [6.45, 7) is 3.80. The number of nitrogens with zero attached hydrogens (tertiary/aromatic N) is 5. The van der Waals surface area contributed by atoms with E-state index < -0.39 is 17.2 Å². The van der Waals surface area contributed by atoms with Crippen molar-refractivity contribution in [3.8, 4) is 17.2 Å². The van der Waals surface area contributed by atoms with Gasteiger partial charge in [-0.05, 0) is 48.7 Å². The normalized spacial score (nSPS) is 13.8. The van der Waals surface area contributed by atoms with Crippen molar-refractivity contribution in [2.24, 2.45) is 18.6 Å². The van der Waals surface area contributed by atoms with Crippen LogP contribution in [0.4, 0.5) is 13.2 Å². The lowest BCUT2D eigenvalue weighted by molar-refractivity contribution is -0.137. The molecule has 4 aromatic rings. The molecule has 0 saturated carbocycles. The number of hydrogen-bond donors (Lipinski definition) is 2. The van der Waals surface area contributed by atoms with Crippen molar-refractivity contribution in [2.45, 2.75) is 31.9 Å². The molecular weight excluding hydrogens is 491 g/mol. The number of hydrazine groups is 1. The fourth-order valence-corrected chi connectivity index (χ4v) is 5.06. The van der Waals surface area contributed by atoms with E-state index in [9.17, 15) is 18.4 Å². The summed E-state index contributed by atoms with van der Waals surface area (Å²) in [5.41, 5.74) is 8.51. The van der Waals surface area contributed by atoms with E-state index in [1.54, 1.807) is 31.7 Å². The van der Waals surface area contributed by atoms with E-state index in [-0.39, 0.29) is 11.1 Å². The fraction of sp³-hybridized carbons (Fsp3) is 0.250. The Morgan fingerprint density at radius 1 is 1.18 bits per heavy atom. The minimum Gasteiger partial charge on any atom is -0.403 e. The molecule has 1 atom stereocenters. The minimum atomic E-state index is -4.52. The van der Waals surface area contributed by atoms with Gasteiger partial charge >= 0.3 is 6.18 Å². The molecule has 196 valence electrons. The van der Waals surface area contributed by atoms with E-state index in [1.165, 1.54) is 17.3 Å². The monoisotopic (exact) mass is 519 g/mol. The molecule has 0 amide bonds. The van der Waals surface area contributed by atoms with Crippen molar-refractivity contribution in [1.29, 1.82) is 5.26 Å². The molecule has 0 bridgehead atoms. The average Bonchev–Trinajstić information content (AvgIpc) is 3.33. The molecule has 38 heavy (non-hydrogen) atoms. The Balaban J connectivity index is 2.07. The lowest BCUT2D eigenvalue weighted by atomic mass is 9.75. The lowest BCUT2D eigenvalue weighted by Crippen LogP contribution is -2.40. The van der Waals surface area contributed by atoms with Gasteiger partial charge in [0.05, 0.1) is 39.8 Å². The van der Waals surface area contributed by atoms with Gasteiger partial charge in [-0.25, -0.2) is 10.8 Å². The Hall–Kier alpha value is -4.36. The summed E-state index contributed by atoms with van der Waals surface area (Å²) < 4.78 is 42.4. The Kier molecular flexibility index (Phi) is 6.91. The summed E-state index contributed by atoms with van der Waals surface area (Å²) in [6.07, 6.45) is 0.726. The second kappa shape index (κ2) is 9.84. The van der Waals surface area contributed by atoms with Crippen LogP contribution in [-0.4, -0.2) is 26.6 Å². The van der Waals surface area contributed by atoms with Crippen LogP contribution in [0.5, 0.6) is 0 Å².